The van der Waals surface area contributed by atoms with Crippen LogP contribution in [0.2, 0.25) is 0 Å². The van der Waals surface area contributed by atoms with Crippen molar-refractivity contribution in [1.82, 2.24) is 4.90 Å². The van der Waals surface area contributed by atoms with Gasteiger partial charge in [-0.1, -0.05) is 24.3 Å². The predicted molar refractivity (Wildman–Crippen MR) is 93.8 cm³/mol. The molecule has 2 aromatic rings. The first-order chi connectivity index (χ1) is 11.6. The van der Waals surface area contributed by atoms with Crippen LogP contribution in [0.15, 0.2) is 42.5 Å². The lowest BCUT2D eigenvalue weighted by Crippen LogP contribution is -2.24. The summed E-state index contributed by atoms with van der Waals surface area (Å²) in [6.45, 7) is 0.666. The maximum Gasteiger partial charge on any atom is 0.253 e. The van der Waals surface area contributed by atoms with Crippen LogP contribution in [0, 0.1) is 5.92 Å². The lowest BCUT2D eigenvalue weighted by atomic mass is 9.90. The summed E-state index contributed by atoms with van der Waals surface area (Å²) < 4.78 is 11.3. The quantitative estimate of drug-likeness (QED) is 0.866. The van der Waals surface area contributed by atoms with E-state index < -0.39 is 0 Å². The molecule has 0 aliphatic carbocycles. The van der Waals surface area contributed by atoms with Gasteiger partial charge in [-0.2, -0.15) is 0 Å². The van der Waals surface area contributed by atoms with E-state index in [9.17, 15) is 4.79 Å². The molecule has 126 valence electrons. The maximum absolute atomic E-state index is 12.1. The molecule has 0 spiro atoms. The molecule has 0 bridgehead atoms. The first-order valence-corrected chi connectivity index (χ1v) is 8.17. The molecule has 0 saturated heterocycles. The largest absolute Gasteiger partial charge is 0.493 e. The van der Waals surface area contributed by atoms with Crippen molar-refractivity contribution in [2.75, 3.05) is 27.8 Å². The molecule has 2 aromatic carbocycles. The van der Waals surface area contributed by atoms with Gasteiger partial charge >= 0.3 is 0 Å². The Balaban J connectivity index is 1.74. The zero-order chi connectivity index (χ0) is 17.1. The fourth-order valence-corrected chi connectivity index (χ4v) is 3.17. The fourth-order valence-electron chi connectivity index (χ4n) is 3.17. The Morgan fingerprint density at radius 2 is 2.04 bits per heavy atom. The lowest BCUT2D eigenvalue weighted by molar-refractivity contribution is 0.0827. The second-order valence-electron chi connectivity index (χ2n) is 6.43. The SMILES string of the molecule is COc1cccc2c1OC[C@@H](Cc1cccc(C(=O)N(C)C)c1)C2. The molecule has 0 saturated carbocycles. The molecule has 4 heteroatoms. The molecule has 24 heavy (non-hydrogen) atoms. The number of rotatable bonds is 4. The summed E-state index contributed by atoms with van der Waals surface area (Å²) in [7, 11) is 5.21. The van der Waals surface area contributed by atoms with Gasteiger partial charge in [-0.05, 0) is 42.2 Å². The van der Waals surface area contributed by atoms with Crippen LogP contribution in [0.1, 0.15) is 21.5 Å². The third kappa shape index (κ3) is 3.37. The van der Waals surface area contributed by atoms with Gasteiger partial charge < -0.3 is 14.4 Å². The van der Waals surface area contributed by atoms with Crippen LogP contribution in [-0.2, 0) is 12.8 Å². The Labute approximate surface area is 143 Å². The molecule has 0 fully saturated rings. The summed E-state index contributed by atoms with van der Waals surface area (Å²) in [5.74, 6) is 2.10. The average molecular weight is 325 g/mol. The van der Waals surface area contributed by atoms with Gasteiger partial charge in [-0.3, -0.25) is 4.79 Å². The number of benzene rings is 2. The van der Waals surface area contributed by atoms with E-state index in [2.05, 4.69) is 12.1 Å². The first-order valence-electron chi connectivity index (χ1n) is 8.17. The Morgan fingerprint density at radius 3 is 2.79 bits per heavy atom. The molecule has 3 rings (SSSR count). The van der Waals surface area contributed by atoms with Crippen LogP contribution in [-0.4, -0.2) is 38.6 Å². The molecule has 0 N–H and O–H groups in total. The van der Waals surface area contributed by atoms with Crippen molar-refractivity contribution >= 4 is 5.91 Å². The summed E-state index contributed by atoms with van der Waals surface area (Å²) in [4.78, 5) is 13.7. The monoisotopic (exact) mass is 325 g/mol. The van der Waals surface area contributed by atoms with Crippen LogP contribution in [0.3, 0.4) is 0 Å². The van der Waals surface area contributed by atoms with Crippen molar-refractivity contribution in [2.24, 2.45) is 5.92 Å². The number of para-hydroxylation sites is 1. The van der Waals surface area contributed by atoms with E-state index in [1.54, 1.807) is 26.1 Å². The second-order valence-corrected chi connectivity index (χ2v) is 6.43. The molecular formula is C20H23NO3. The van der Waals surface area contributed by atoms with E-state index in [-0.39, 0.29) is 5.91 Å². The number of amides is 1. The van der Waals surface area contributed by atoms with E-state index in [0.717, 1.165) is 29.9 Å². The zero-order valence-corrected chi connectivity index (χ0v) is 14.4. The average Bonchev–Trinajstić information content (AvgIpc) is 2.60. The van der Waals surface area contributed by atoms with Crippen molar-refractivity contribution in [2.45, 2.75) is 12.8 Å². The summed E-state index contributed by atoms with van der Waals surface area (Å²) in [6, 6.07) is 13.9. The van der Waals surface area contributed by atoms with Crippen LogP contribution < -0.4 is 9.47 Å². The normalized spacial score (nSPS) is 16.0. The molecule has 0 radical (unpaired) electrons. The van der Waals surface area contributed by atoms with Gasteiger partial charge in [0.1, 0.15) is 0 Å². The molecule has 1 aliphatic heterocycles. The van der Waals surface area contributed by atoms with Crippen LogP contribution in [0.4, 0.5) is 0 Å². The van der Waals surface area contributed by atoms with E-state index in [0.29, 0.717) is 12.5 Å². The van der Waals surface area contributed by atoms with E-state index in [4.69, 9.17) is 9.47 Å². The first kappa shape index (κ1) is 16.4. The number of methoxy groups -OCH3 is 1. The van der Waals surface area contributed by atoms with Crippen LogP contribution in [0.25, 0.3) is 0 Å². The molecule has 1 aliphatic rings. The predicted octanol–water partition coefficient (Wildman–Crippen LogP) is 3.19. The van der Waals surface area contributed by atoms with Gasteiger partial charge in [0.25, 0.3) is 5.91 Å². The van der Waals surface area contributed by atoms with Gasteiger partial charge in [0.15, 0.2) is 11.5 Å². The number of nitrogens with zero attached hydrogens (tertiary/aromatic N) is 1. The molecule has 0 aromatic heterocycles. The molecule has 1 atom stereocenters. The number of ether oxygens (including phenoxy) is 2. The Hall–Kier alpha value is -2.49. The topological polar surface area (TPSA) is 38.8 Å². The van der Waals surface area contributed by atoms with Gasteiger partial charge in [0.05, 0.1) is 13.7 Å². The van der Waals surface area contributed by atoms with Gasteiger partial charge in [-0.15, -0.1) is 0 Å². The highest BCUT2D eigenvalue weighted by molar-refractivity contribution is 5.94. The van der Waals surface area contributed by atoms with Gasteiger partial charge in [-0.25, -0.2) is 0 Å². The maximum atomic E-state index is 12.1. The summed E-state index contributed by atoms with van der Waals surface area (Å²) >= 11 is 0. The zero-order valence-electron chi connectivity index (χ0n) is 14.4. The number of hydrogen-bond acceptors (Lipinski definition) is 3. The van der Waals surface area contributed by atoms with Crippen LogP contribution >= 0.6 is 0 Å². The highest BCUT2D eigenvalue weighted by atomic mass is 16.5. The van der Waals surface area contributed by atoms with E-state index in [1.165, 1.54) is 11.1 Å². The minimum atomic E-state index is 0.0341. The number of carbonyl (C=O) groups excluding carboxylic acids is 1. The van der Waals surface area contributed by atoms with Crippen molar-refractivity contribution in [3.05, 3.63) is 59.2 Å². The lowest BCUT2D eigenvalue weighted by Gasteiger charge is -2.26. The molecular weight excluding hydrogens is 302 g/mol. The van der Waals surface area contributed by atoms with Crippen LogP contribution in [0.5, 0.6) is 11.5 Å². The minimum Gasteiger partial charge on any atom is -0.493 e. The standard InChI is InChI=1S/C20H23NO3/c1-21(2)20(22)17-8-4-6-14(11-17)10-15-12-16-7-5-9-18(23-3)19(16)24-13-15/h4-9,11,15H,10,12-13H2,1-3H3/t15-/m0/s1. The summed E-state index contributed by atoms with van der Waals surface area (Å²) in [6.07, 6.45) is 1.85. The van der Waals surface area contributed by atoms with Crippen molar-refractivity contribution in [1.29, 1.82) is 0 Å². The molecule has 4 nitrogen and oxygen atoms in total. The number of fused-ring (bicyclic) bond motifs is 1. The fraction of sp³-hybridized carbons (Fsp3) is 0.350. The Kier molecular flexibility index (Phi) is 4.74. The third-order valence-electron chi connectivity index (χ3n) is 4.36. The van der Waals surface area contributed by atoms with E-state index >= 15 is 0 Å². The molecule has 1 amide bonds. The third-order valence-corrected chi connectivity index (χ3v) is 4.36. The summed E-state index contributed by atoms with van der Waals surface area (Å²) in [5, 5.41) is 0. The Morgan fingerprint density at radius 1 is 1.25 bits per heavy atom. The highest BCUT2D eigenvalue weighted by Crippen LogP contribution is 2.36. The smallest absolute Gasteiger partial charge is 0.253 e. The van der Waals surface area contributed by atoms with Crippen molar-refractivity contribution < 1.29 is 14.3 Å². The molecule has 0 unspecified atom stereocenters. The number of hydrogen-bond donors (Lipinski definition) is 0. The Bertz CT molecular complexity index is 739. The van der Waals surface area contributed by atoms with E-state index in [1.807, 2.05) is 30.3 Å². The van der Waals surface area contributed by atoms with Crippen molar-refractivity contribution in [3.63, 3.8) is 0 Å². The van der Waals surface area contributed by atoms with Gasteiger partial charge in [0.2, 0.25) is 0 Å². The van der Waals surface area contributed by atoms with Crippen molar-refractivity contribution in [3.8, 4) is 11.5 Å². The highest BCUT2D eigenvalue weighted by Gasteiger charge is 2.23. The second kappa shape index (κ2) is 6.95. The number of carbonyl (C=O) groups is 1. The van der Waals surface area contributed by atoms with Gasteiger partial charge in [0, 0.05) is 25.6 Å². The summed E-state index contributed by atoms with van der Waals surface area (Å²) in [5.41, 5.74) is 3.09. The minimum absolute atomic E-state index is 0.0341. The molecule has 1 heterocycles.